The van der Waals surface area contributed by atoms with Gasteiger partial charge in [0.1, 0.15) is 11.8 Å². The fourth-order valence-electron chi connectivity index (χ4n) is 4.36. The Morgan fingerprint density at radius 2 is 1.44 bits per heavy atom. The average molecular weight is 578 g/mol. The van der Waals surface area contributed by atoms with Crippen LogP contribution in [0.5, 0.6) is 5.75 Å². The summed E-state index contributed by atoms with van der Waals surface area (Å²) in [6.45, 7) is 9.71. The highest BCUT2D eigenvalue weighted by Crippen LogP contribution is 2.19. The van der Waals surface area contributed by atoms with E-state index in [1.807, 2.05) is 0 Å². The lowest BCUT2D eigenvalue weighted by Crippen LogP contribution is -2.54. The van der Waals surface area contributed by atoms with Gasteiger partial charge < -0.3 is 37.6 Å². The topological polar surface area (TPSA) is 214 Å². The number of carbonyl (C=O) groups excluding carboxylic acids is 5. The molecule has 9 N–H and O–H groups in total. The molecule has 3 amide bonds. The van der Waals surface area contributed by atoms with Gasteiger partial charge in [-0.05, 0) is 56.2 Å². The summed E-state index contributed by atoms with van der Waals surface area (Å²) in [6, 6.07) is 2.73. The monoisotopic (exact) mass is 577 g/mol. The number of Topliss-reactive ketones (excluding diaryl/α,β-unsaturated/α-hetero) is 2. The van der Waals surface area contributed by atoms with Gasteiger partial charge in [0.2, 0.25) is 17.7 Å². The van der Waals surface area contributed by atoms with Gasteiger partial charge in [0.15, 0.2) is 11.6 Å². The zero-order valence-electron chi connectivity index (χ0n) is 24.8. The summed E-state index contributed by atoms with van der Waals surface area (Å²) in [6.07, 6.45) is -1.21. The normalized spacial score (nSPS) is 15.8. The molecule has 0 aliphatic rings. The Morgan fingerprint density at radius 1 is 0.854 bits per heavy atom. The van der Waals surface area contributed by atoms with E-state index in [2.05, 4.69) is 16.0 Å². The lowest BCUT2D eigenvalue weighted by Gasteiger charge is -2.28. The summed E-state index contributed by atoms with van der Waals surface area (Å²) >= 11 is 0. The summed E-state index contributed by atoms with van der Waals surface area (Å²) in [7, 11) is 0. The number of rotatable bonds is 17. The van der Waals surface area contributed by atoms with E-state index in [-0.39, 0.29) is 49.2 Å². The highest BCUT2D eigenvalue weighted by Gasteiger charge is 2.36. The maximum absolute atomic E-state index is 13.2. The highest BCUT2D eigenvalue weighted by molar-refractivity contribution is 6.06. The van der Waals surface area contributed by atoms with Crippen molar-refractivity contribution in [2.45, 2.75) is 91.1 Å². The summed E-state index contributed by atoms with van der Waals surface area (Å²) in [5, 5.41) is 28.5. The van der Waals surface area contributed by atoms with E-state index in [0.717, 1.165) is 0 Å². The quantitative estimate of drug-likeness (QED) is 0.123. The number of ketones is 2. The zero-order chi connectivity index (χ0) is 31.4. The second kappa shape index (κ2) is 16.8. The number of aromatic hydroxyl groups is 1. The average Bonchev–Trinajstić information content (AvgIpc) is 2.90. The third kappa shape index (κ3) is 11.6. The van der Waals surface area contributed by atoms with Gasteiger partial charge in [0.25, 0.3) is 0 Å². The molecule has 1 rings (SSSR count). The van der Waals surface area contributed by atoms with Crippen molar-refractivity contribution in [1.82, 2.24) is 16.0 Å². The number of aliphatic hydroxyl groups excluding tert-OH is 1. The van der Waals surface area contributed by atoms with Gasteiger partial charge >= 0.3 is 0 Å². The van der Waals surface area contributed by atoms with E-state index in [1.165, 1.54) is 26.0 Å². The first kappa shape index (κ1) is 35.7. The fourth-order valence-corrected chi connectivity index (χ4v) is 4.36. The first-order chi connectivity index (χ1) is 19.1. The Hall–Kier alpha value is -3.35. The molecule has 0 fully saturated rings. The molecule has 12 heteroatoms. The van der Waals surface area contributed by atoms with E-state index in [1.54, 1.807) is 39.8 Å². The molecule has 1 aromatic rings. The van der Waals surface area contributed by atoms with Crippen LogP contribution >= 0.6 is 0 Å². The minimum absolute atomic E-state index is 0.0518. The molecule has 0 aliphatic heterocycles. The molecule has 0 heterocycles. The van der Waals surface area contributed by atoms with Crippen LogP contribution in [0.4, 0.5) is 0 Å². The molecule has 3 unspecified atom stereocenters. The lowest BCUT2D eigenvalue weighted by molar-refractivity contribution is -0.138. The van der Waals surface area contributed by atoms with Crippen molar-refractivity contribution in [2.75, 3.05) is 6.54 Å². The number of aliphatic hydroxyl groups is 1. The van der Waals surface area contributed by atoms with E-state index in [9.17, 15) is 34.2 Å². The molecule has 12 nitrogen and oxygen atoms in total. The van der Waals surface area contributed by atoms with Crippen LogP contribution in [0.1, 0.15) is 59.9 Å². The maximum atomic E-state index is 13.2. The second-order valence-electron chi connectivity index (χ2n) is 11.2. The van der Waals surface area contributed by atoms with Crippen LogP contribution in [0.3, 0.4) is 0 Å². The highest BCUT2D eigenvalue weighted by atomic mass is 16.3. The van der Waals surface area contributed by atoms with Crippen LogP contribution in [-0.4, -0.2) is 76.3 Å². The minimum Gasteiger partial charge on any atom is -0.508 e. The molecule has 0 saturated carbocycles. The molecule has 0 spiro atoms. The number of phenolic OH excluding ortho intramolecular Hbond substituents is 1. The van der Waals surface area contributed by atoms with Crippen molar-refractivity contribution in [1.29, 1.82) is 0 Å². The third-order valence-electron chi connectivity index (χ3n) is 6.83. The first-order valence-electron chi connectivity index (χ1n) is 14.0. The molecular formula is C29H47N5O7. The summed E-state index contributed by atoms with van der Waals surface area (Å²) < 4.78 is 0. The van der Waals surface area contributed by atoms with E-state index in [0.29, 0.717) is 5.56 Å². The summed E-state index contributed by atoms with van der Waals surface area (Å²) in [4.78, 5) is 63.1. The van der Waals surface area contributed by atoms with Crippen molar-refractivity contribution >= 4 is 29.3 Å². The lowest BCUT2D eigenvalue weighted by atomic mass is 9.81. The molecule has 0 saturated heterocycles. The Bertz CT molecular complexity index is 1040. The molecule has 0 bridgehead atoms. The first-order valence-corrected chi connectivity index (χ1v) is 14.0. The second-order valence-corrected chi connectivity index (χ2v) is 11.2. The van der Waals surface area contributed by atoms with Crippen molar-refractivity contribution in [2.24, 2.45) is 29.2 Å². The van der Waals surface area contributed by atoms with Crippen LogP contribution in [-0.2, 0) is 30.4 Å². The number of nitrogens with two attached hydrogens (primary N) is 2. The van der Waals surface area contributed by atoms with Crippen LogP contribution in [0.2, 0.25) is 0 Å². The SMILES string of the molecule is CC(C)C(C(=O)CN)C(=O)[C@@H](NC(=O)CCC(O)C(Cc1ccc(O)cc1)NC(=O)[C@H](C)NC(=O)[C@H](C)N)C(C)C. The number of phenols is 1. The predicted molar refractivity (Wildman–Crippen MR) is 154 cm³/mol. The zero-order valence-corrected chi connectivity index (χ0v) is 24.8. The van der Waals surface area contributed by atoms with Crippen LogP contribution in [0, 0.1) is 17.8 Å². The van der Waals surface area contributed by atoms with Crippen LogP contribution in [0.25, 0.3) is 0 Å². The predicted octanol–water partition coefficient (Wildman–Crippen LogP) is -0.0776. The molecule has 41 heavy (non-hydrogen) atoms. The van der Waals surface area contributed by atoms with Gasteiger partial charge in [0, 0.05) is 6.42 Å². The van der Waals surface area contributed by atoms with E-state index < -0.39 is 59.7 Å². The molecule has 230 valence electrons. The summed E-state index contributed by atoms with van der Waals surface area (Å²) in [5.74, 6) is -3.82. The van der Waals surface area contributed by atoms with Crippen molar-refractivity contribution in [3.63, 3.8) is 0 Å². The van der Waals surface area contributed by atoms with Gasteiger partial charge in [-0.3, -0.25) is 24.0 Å². The van der Waals surface area contributed by atoms with Crippen molar-refractivity contribution in [3.8, 4) is 5.75 Å². The van der Waals surface area contributed by atoms with Crippen LogP contribution in [0.15, 0.2) is 24.3 Å². The minimum atomic E-state index is -1.18. The largest absolute Gasteiger partial charge is 0.508 e. The van der Waals surface area contributed by atoms with Crippen molar-refractivity contribution < 1.29 is 34.2 Å². The maximum Gasteiger partial charge on any atom is 0.242 e. The van der Waals surface area contributed by atoms with Crippen molar-refractivity contribution in [3.05, 3.63) is 29.8 Å². The van der Waals surface area contributed by atoms with E-state index >= 15 is 0 Å². The number of amides is 3. The van der Waals surface area contributed by atoms with E-state index in [4.69, 9.17) is 11.5 Å². The number of nitrogens with one attached hydrogen (secondary N) is 3. The van der Waals surface area contributed by atoms with Gasteiger partial charge in [-0.15, -0.1) is 0 Å². The smallest absolute Gasteiger partial charge is 0.242 e. The standard InChI is InChI=1S/C29H47N5O7/c1-15(2)25(23(37)14-30)27(39)26(16(3)4)34-24(38)12-11-22(36)21(13-19-7-9-20(35)10-8-19)33-29(41)18(6)32-28(40)17(5)31/h7-10,15-18,21-22,25-26,35-36H,11-14,30-31H2,1-6H3,(H,32,40)(H,33,41)(H,34,38)/t17-,18-,21?,22?,25?,26-/m0/s1. The number of benzene rings is 1. The van der Waals surface area contributed by atoms with Gasteiger partial charge in [0.05, 0.1) is 36.7 Å². The number of hydrogen-bond donors (Lipinski definition) is 7. The molecule has 0 aromatic heterocycles. The molecule has 6 atom stereocenters. The Kier molecular flexibility index (Phi) is 14.6. The third-order valence-corrected chi connectivity index (χ3v) is 6.83. The molecule has 0 aliphatic carbocycles. The molecular weight excluding hydrogens is 530 g/mol. The molecule has 1 aromatic carbocycles. The fraction of sp³-hybridized carbons (Fsp3) is 0.621. The number of hydrogen-bond acceptors (Lipinski definition) is 9. The Balaban J connectivity index is 2.99. The van der Waals surface area contributed by atoms with Gasteiger partial charge in [-0.2, -0.15) is 0 Å². The molecule has 0 radical (unpaired) electrons. The number of carbonyl (C=O) groups is 5. The Labute approximate surface area is 242 Å². The van der Waals surface area contributed by atoms with Gasteiger partial charge in [-0.1, -0.05) is 39.8 Å². The summed E-state index contributed by atoms with van der Waals surface area (Å²) in [5.41, 5.74) is 11.8. The van der Waals surface area contributed by atoms with Gasteiger partial charge in [-0.25, -0.2) is 0 Å². The van der Waals surface area contributed by atoms with Crippen LogP contribution < -0.4 is 27.4 Å². The Morgan fingerprint density at radius 3 is 1.93 bits per heavy atom.